The fraction of sp³-hybridized carbons (Fsp3) is 0.574. The Kier molecular flexibility index (Phi) is 29.1. The molecule has 1 aromatic heterocycles. The largest absolute Gasteiger partial charge is 0.507 e. The Morgan fingerprint density at radius 3 is 1.46 bits per heavy atom. The first-order valence-electron chi connectivity index (χ1n) is 26.7. The maximum absolute atomic E-state index is 14.8. The standard InChI is InChI=1S/C54H88N14O10/c1-32(2)13-15-36-38(29-69)42(77-31-46(71)68-40(12-10-18-66-54(57)58)52(75)64-26-22-60-20-24-62-35(7)8)28-43-47(36)50(73)48-44(78-43)27-41(37(49(48)72)16-14-33(3)4)76-30-45(70)67-39(11-9-17-65-53(55)56)51(74)63-25-21-59-19-23-61-34(5)6/h13-14,27-28,34-35,39-40,59-62,69,72H,9-12,15-26,29-31H2,1-8H3,(H,63,74)(H,64,75)(H,67,70)(H,68,71)(H4,55,56,65)(H4,57,58,66). The number of phenols is 1. The topological polar surface area (TPSA) is 377 Å². The second-order valence-electron chi connectivity index (χ2n) is 19.9. The average Bonchev–Trinajstić information content (AvgIpc) is 3.43. The van der Waals surface area contributed by atoms with Crippen molar-refractivity contribution < 1.29 is 43.3 Å². The number of aliphatic hydroxyl groups excluding tert-OH is 1. The highest BCUT2D eigenvalue weighted by Gasteiger charge is 2.27. The summed E-state index contributed by atoms with van der Waals surface area (Å²) in [5, 5.41) is 67.4. The summed E-state index contributed by atoms with van der Waals surface area (Å²) in [5.41, 5.74) is 12.7. The molecule has 2 atom stereocenters. The lowest BCUT2D eigenvalue weighted by Crippen LogP contribution is -2.49. The van der Waals surface area contributed by atoms with Crippen LogP contribution in [0.1, 0.15) is 97.8 Å². The van der Waals surface area contributed by atoms with E-state index in [9.17, 15) is 34.2 Å². The number of allylic oxidation sites excluding steroid dienone is 4. The summed E-state index contributed by atoms with van der Waals surface area (Å²) in [6.07, 6.45) is 5.10. The van der Waals surface area contributed by atoms with Gasteiger partial charge in [-0.1, -0.05) is 51.0 Å². The predicted molar refractivity (Wildman–Crippen MR) is 305 cm³/mol. The summed E-state index contributed by atoms with van der Waals surface area (Å²) >= 11 is 0. The van der Waals surface area contributed by atoms with Crippen LogP contribution in [-0.4, -0.2) is 149 Å². The van der Waals surface area contributed by atoms with E-state index < -0.39 is 66.7 Å². The minimum atomic E-state index is -0.970. The van der Waals surface area contributed by atoms with Crippen molar-refractivity contribution in [2.45, 2.75) is 125 Å². The molecule has 0 fully saturated rings. The maximum atomic E-state index is 14.8. The van der Waals surface area contributed by atoms with Crippen molar-refractivity contribution in [3.05, 3.63) is 62.3 Å². The lowest BCUT2D eigenvalue weighted by molar-refractivity contribution is -0.130. The molecule has 78 heavy (non-hydrogen) atoms. The van der Waals surface area contributed by atoms with Gasteiger partial charge in [0.05, 0.1) is 12.0 Å². The van der Waals surface area contributed by atoms with Crippen molar-refractivity contribution in [2.75, 3.05) is 78.7 Å². The number of nitrogens with one attached hydrogen (secondary N) is 12. The third-order valence-corrected chi connectivity index (χ3v) is 12.0. The minimum absolute atomic E-state index is 0.00299. The third-order valence-electron chi connectivity index (χ3n) is 12.0. The van der Waals surface area contributed by atoms with E-state index >= 15 is 0 Å². The zero-order valence-corrected chi connectivity index (χ0v) is 46.9. The second-order valence-corrected chi connectivity index (χ2v) is 19.9. The average molecular weight is 1090 g/mol. The number of carbonyl (C=O) groups excluding carboxylic acids is 4. The van der Waals surface area contributed by atoms with Crippen molar-refractivity contribution in [1.29, 1.82) is 10.8 Å². The molecule has 0 spiro atoms. The molecule has 0 saturated heterocycles. The van der Waals surface area contributed by atoms with Gasteiger partial charge in [-0.3, -0.25) is 34.8 Å². The summed E-state index contributed by atoms with van der Waals surface area (Å²) in [6, 6.07) is 1.53. The highest BCUT2D eigenvalue weighted by molar-refractivity contribution is 5.98. The van der Waals surface area contributed by atoms with Crippen molar-refractivity contribution in [3.63, 3.8) is 0 Å². The molecule has 24 nitrogen and oxygen atoms in total. The van der Waals surface area contributed by atoms with Crippen LogP contribution in [0.3, 0.4) is 0 Å². The fourth-order valence-corrected chi connectivity index (χ4v) is 8.03. The Hall–Kier alpha value is -6.99. The highest BCUT2D eigenvalue weighted by atomic mass is 16.5. The molecule has 1 heterocycles. The zero-order valence-electron chi connectivity index (χ0n) is 46.9. The molecule has 3 rings (SSSR count). The number of guanidine groups is 2. The first-order valence-corrected chi connectivity index (χ1v) is 26.7. The number of hydrogen-bond acceptors (Lipinski definition) is 16. The number of amides is 4. The van der Waals surface area contributed by atoms with Gasteiger partial charge in [-0.15, -0.1) is 0 Å². The molecule has 434 valence electrons. The Labute approximate surface area is 457 Å². The van der Waals surface area contributed by atoms with Gasteiger partial charge in [0.25, 0.3) is 11.8 Å². The van der Waals surface area contributed by atoms with Crippen molar-refractivity contribution in [1.82, 2.24) is 53.2 Å². The van der Waals surface area contributed by atoms with E-state index in [0.717, 1.165) is 24.2 Å². The minimum Gasteiger partial charge on any atom is -0.507 e. The van der Waals surface area contributed by atoms with E-state index in [4.69, 9.17) is 36.2 Å². The molecule has 0 aliphatic carbocycles. The first-order chi connectivity index (χ1) is 37.1. The zero-order chi connectivity index (χ0) is 57.7. The van der Waals surface area contributed by atoms with Crippen molar-refractivity contribution in [3.8, 4) is 17.2 Å². The summed E-state index contributed by atoms with van der Waals surface area (Å²) in [4.78, 5) is 68.7. The third kappa shape index (κ3) is 23.3. The van der Waals surface area contributed by atoms with E-state index in [0.29, 0.717) is 82.8 Å². The molecular formula is C54H88N14O10. The molecule has 0 radical (unpaired) electrons. The Bertz CT molecular complexity index is 2590. The molecule has 0 bridgehead atoms. The van der Waals surface area contributed by atoms with Crippen LogP contribution in [0, 0.1) is 10.8 Å². The monoisotopic (exact) mass is 1090 g/mol. The number of ether oxygens (including phenoxy) is 2. The SMILES string of the molecule is CC(C)=CCc1c(OCC(=O)NC(CCCNC(=N)N)C(=O)NCCNCCNC(C)C)cc2oc3cc(OCC(=O)NC(CCCNC(=N)N)C(=O)NCCNCCNC(C)C)c(CO)c(CC=C(C)C)c3c(=O)c2c1O. The smallest absolute Gasteiger partial charge is 0.258 e. The molecule has 2 unspecified atom stereocenters. The van der Waals surface area contributed by atoms with Crippen LogP contribution in [0.25, 0.3) is 21.9 Å². The van der Waals surface area contributed by atoms with Crippen LogP contribution in [0.5, 0.6) is 17.2 Å². The molecule has 0 aliphatic rings. The molecule has 2 aromatic carbocycles. The number of phenolic OH excluding ortho intramolecular Hbond substituents is 1. The number of carbonyl (C=O) groups is 4. The number of rotatable bonds is 37. The molecule has 3 aromatic rings. The summed E-state index contributed by atoms with van der Waals surface area (Å²) in [6.45, 7) is 19.0. The normalized spacial score (nSPS) is 11.9. The number of fused-ring (bicyclic) bond motifs is 2. The highest BCUT2D eigenvalue weighted by Crippen LogP contribution is 2.39. The lowest BCUT2D eigenvalue weighted by Gasteiger charge is -2.20. The Morgan fingerprint density at radius 1 is 0.615 bits per heavy atom. The number of aliphatic hydroxyl groups is 1. The van der Waals surface area contributed by atoms with Crippen LogP contribution in [-0.2, 0) is 38.6 Å². The van der Waals surface area contributed by atoms with Crippen molar-refractivity contribution >= 4 is 57.5 Å². The number of aromatic hydroxyl groups is 1. The van der Waals surface area contributed by atoms with Gasteiger partial charge in [-0.25, -0.2) is 0 Å². The molecule has 0 saturated carbocycles. The van der Waals surface area contributed by atoms with Crippen LogP contribution in [0.4, 0.5) is 0 Å². The molecule has 0 aliphatic heterocycles. The lowest BCUT2D eigenvalue weighted by atomic mass is 9.95. The van der Waals surface area contributed by atoms with Gasteiger partial charge in [0, 0.05) is 101 Å². The van der Waals surface area contributed by atoms with Gasteiger partial charge >= 0.3 is 0 Å². The van der Waals surface area contributed by atoms with Crippen LogP contribution < -0.4 is 79.5 Å². The van der Waals surface area contributed by atoms with Gasteiger partial charge in [-0.05, 0) is 71.8 Å². The first kappa shape index (κ1) is 65.3. The quantitative estimate of drug-likeness (QED) is 0.0125. The maximum Gasteiger partial charge on any atom is 0.258 e. The van der Waals surface area contributed by atoms with Crippen LogP contribution in [0.2, 0.25) is 0 Å². The predicted octanol–water partition coefficient (Wildman–Crippen LogP) is 0.823. The van der Waals surface area contributed by atoms with E-state index in [1.165, 1.54) is 12.1 Å². The van der Waals surface area contributed by atoms with E-state index in [2.05, 4.69) is 80.9 Å². The fourth-order valence-electron chi connectivity index (χ4n) is 8.03. The van der Waals surface area contributed by atoms with Gasteiger partial charge in [0.15, 0.2) is 25.1 Å². The molecule has 4 amide bonds. The number of benzene rings is 2. The van der Waals surface area contributed by atoms with Crippen molar-refractivity contribution in [2.24, 2.45) is 11.5 Å². The van der Waals surface area contributed by atoms with Crippen LogP contribution in [0.15, 0.2) is 44.6 Å². The van der Waals surface area contributed by atoms with Gasteiger partial charge in [0.2, 0.25) is 17.2 Å². The number of nitrogens with two attached hydrogens (primary N) is 2. The van der Waals surface area contributed by atoms with Gasteiger partial charge in [0.1, 0.15) is 45.9 Å². The van der Waals surface area contributed by atoms with Crippen LogP contribution >= 0.6 is 0 Å². The second kappa shape index (κ2) is 34.7. The van der Waals surface area contributed by atoms with E-state index in [1.807, 2.05) is 39.8 Å². The molecular weight excluding hydrogens is 1000 g/mol. The van der Waals surface area contributed by atoms with Gasteiger partial charge in [-0.2, -0.15) is 0 Å². The Balaban J connectivity index is 1.99. The summed E-state index contributed by atoms with van der Waals surface area (Å²) in [7, 11) is 0. The summed E-state index contributed by atoms with van der Waals surface area (Å²) in [5.74, 6) is -2.99. The number of hydrogen-bond donors (Lipinski definition) is 16. The molecule has 24 heteroatoms. The van der Waals surface area contributed by atoms with E-state index in [1.54, 1.807) is 0 Å². The van der Waals surface area contributed by atoms with E-state index in [-0.39, 0.29) is 82.2 Å². The summed E-state index contributed by atoms with van der Waals surface area (Å²) < 4.78 is 18.6. The molecule has 18 N–H and O–H groups in total. The Morgan fingerprint density at radius 2 is 1.04 bits per heavy atom. The van der Waals surface area contributed by atoms with Gasteiger partial charge < -0.3 is 88.7 Å².